The number of nitrogens with zero attached hydrogens (tertiary/aromatic N) is 1. The molecule has 0 spiro atoms. The largest absolute Gasteiger partial charge is 0.192 e. The van der Waals surface area contributed by atoms with E-state index in [0.717, 1.165) is 15.2 Å². The molecule has 0 atom stereocenters. The molecule has 0 aliphatic rings. The topological polar surface area (TPSA) is 23.8 Å². The van der Waals surface area contributed by atoms with Gasteiger partial charge in [0.15, 0.2) is 0 Å². The molecule has 1 nitrogen and oxygen atoms in total. The van der Waals surface area contributed by atoms with Crippen molar-refractivity contribution >= 4 is 26.7 Å². The molecule has 2 rings (SSSR count). The first-order chi connectivity index (χ1) is 6.29. The molecule has 0 amide bonds. The molecule has 0 bridgehead atoms. The second-order valence-corrected chi connectivity index (χ2v) is 3.59. The molecule has 2 aromatic carbocycles. The summed E-state index contributed by atoms with van der Waals surface area (Å²) in [5.74, 6) is 0. The standard InChI is InChI=1S/C11H5BrN/c12-11-4-3-9-5-8(7-13)1-2-10(9)6-11/h1-3,5-6H. The Morgan fingerprint density at radius 3 is 2.85 bits per heavy atom. The maximum absolute atomic E-state index is 8.68. The third-order valence-electron chi connectivity index (χ3n) is 1.86. The van der Waals surface area contributed by atoms with Gasteiger partial charge in [-0.2, -0.15) is 5.26 Å². The molecule has 0 heterocycles. The van der Waals surface area contributed by atoms with Crippen LogP contribution < -0.4 is 0 Å². The minimum atomic E-state index is 0.684. The highest BCUT2D eigenvalue weighted by molar-refractivity contribution is 9.10. The predicted octanol–water partition coefficient (Wildman–Crippen LogP) is 3.27. The van der Waals surface area contributed by atoms with E-state index in [1.165, 1.54) is 0 Å². The maximum atomic E-state index is 8.68. The van der Waals surface area contributed by atoms with Crippen LogP contribution in [0.2, 0.25) is 0 Å². The zero-order valence-electron chi connectivity index (χ0n) is 6.71. The van der Waals surface area contributed by atoms with E-state index in [-0.39, 0.29) is 0 Å². The van der Waals surface area contributed by atoms with E-state index in [2.05, 4.69) is 28.1 Å². The van der Waals surface area contributed by atoms with Gasteiger partial charge in [-0.25, -0.2) is 0 Å². The van der Waals surface area contributed by atoms with Crippen LogP contribution in [-0.4, -0.2) is 0 Å². The SMILES string of the molecule is N#Cc1ccc2cc(Br)[c]cc2c1. The second-order valence-electron chi connectivity index (χ2n) is 2.74. The molecule has 13 heavy (non-hydrogen) atoms. The van der Waals surface area contributed by atoms with Crippen molar-refractivity contribution in [3.05, 3.63) is 46.4 Å². The number of nitriles is 1. The van der Waals surface area contributed by atoms with Crippen LogP contribution in [0.1, 0.15) is 5.56 Å². The molecule has 0 aromatic heterocycles. The van der Waals surface area contributed by atoms with Crippen LogP contribution in [0.3, 0.4) is 0 Å². The van der Waals surface area contributed by atoms with Crippen molar-refractivity contribution in [2.45, 2.75) is 0 Å². The van der Waals surface area contributed by atoms with Crippen molar-refractivity contribution < 1.29 is 0 Å². The van der Waals surface area contributed by atoms with E-state index in [1.54, 1.807) is 0 Å². The van der Waals surface area contributed by atoms with Crippen LogP contribution in [-0.2, 0) is 0 Å². The van der Waals surface area contributed by atoms with Gasteiger partial charge in [-0.3, -0.25) is 0 Å². The monoisotopic (exact) mass is 230 g/mol. The lowest BCUT2D eigenvalue weighted by Gasteiger charge is -1.97. The fourth-order valence-corrected chi connectivity index (χ4v) is 1.59. The van der Waals surface area contributed by atoms with Gasteiger partial charge in [-0.15, -0.1) is 0 Å². The first kappa shape index (κ1) is 8.28. The molecule has 0 N–H and O–H groups in total. The third-order valence-corrected chi connectivity index (χ3v) is 2.32. The van der Waals surface area contributed by atoms with Gasteiger partial charge in [0.1, 0.15) is 0 Å². The highest BCUT2D eigenvalue weighted by Crippen LogP contribution is 2.19. The summed E-state index contributed by atoms with van der Waals surface area (Å²) in [6, 6.07) is 14.6. The minimum Gasteiger partial charge on any atom is -0.192 e. The first-order valence-corrected chi connectivity index (χ1v) is 4.60. The highest BCUT2D eigenvalue weighted by atomic mass is 79.9. The Bertz CT molecular complexity index is 497. The summed E-state index contributed by atoms with van der Waals surface area (Å²) >= 11 is 3.35. The lowest BCUT2D eigenvalue weighted by molar-refractivity contribution is 1.49. The molecule has 2 aromatic rings. The zero-order valence-corrected chi connectivity index (χ0v) is 8.30. The average Bonchev–Trinajstić information content (AvgIpc) is 2.17. The summed E-state index contributed by atoms with van der Waals surface area (Å²) in [6.07, 6.45) is 0. The van der Waals surface area contributed by atoms with Crippen molar-refractivity contribution in [2.24, 2.45) is 0 Å². The molecular weight excluding hydrogens is 226 g/mol. The van der Waals surface area contributed by atoms with E-state index in [1.807, 2.05) is 30.3 Å². The molecule has 0 fully saturated rings. The highest BCUT2D eigenvalue weighted by Gasteiger charge is 1.96. The van der Waals surface area contributed by atoms with Crippen molar-refractivity contribution in [3.63, 3.8) is 0 Å². The molecule has 0 saturated heterocycles. The smallest absolute Gasteiger partial charge is 0.0991 e. The third kappa shape index (κ3) is 1.56. The number of hydrogen-bond donors (Lipinski definition) is 0. The Morgan fingerprint density at radius 2 is 2.08 bits per heavy atom. The summed E-state index contributed by atoms with van der Waals surface area (Å²) in [4.78, 5) is 0. The van der Waals surface area contributed by atoms with E-state index >= 15 is 0 Å². The molecule has 0 aliphatic heterocycles. The molecule has 0 unspecified atom stereocenters. The van der Waals surface area contributed by atoms with Crippen LogP contribution >= 0.6 is 15.9 Å². The van der Waals surface area contributed by atoms with Crippen LogP contribution in [0.5, 0.6) is 0 Å². The van der Waals surface area contributed by atoms with Gasteiger partial charge in [-0.05, 0) is 41.1 Å². The molecular formula is C11H5BrN. The number of benzene rings is 2. The number of hydrogen-bond acceptors (Lipinski definition) is 1. The van der Waals surface area contributed by atoms with Gasteiger partial charge in [0.25, 0.3) is 0 Å². The fraction of sp³-hybridized carbons (Fsp3) is 0. The Hall–Kier alpha value is -1.33. The average molecular weight is 231 g/mol. The molecule has 0 aliphatic carbocycles. The van der Waals surface area contributed by atoms with Crippen molar-refractivity contribution in [2.75, 3.05) is 0 Å². The number of fused-ring (bicyclic) bond motifs is 1. The summed E-state index contributed by atoms with van der Waals surface area (Å²) in [7, 11) is 0. The van der Waals surface area contributed by atoms with E-state index in [4.69, 9.17) is 5.26 Å². The predicted molar refractivity (Wildman–Crippen MR) is 55.2 cm³/mol. The van der Waals surface area contributed by atoms with Gasteiger partial charge in [0, 0.05) is 4.47 Å². The second kappa shape index (κ2) is 3.20. The molecule has 61 valence electrons. The summed E-state index contributed by atoms with van der Waals surface area (Å²) in [5, 5.41) is 10.8. The van der Waals surface area contributed by atoms with E-state index < -0.39 is 0 Å². The number of rotatable bonds is 0. The van der Waals surface area contributed by atoms with Crippen molar-refractivity contribution in [3.8, 4) is 6.07 Å². The van der Waals surface area contributed by atoms with Crippen LogP contribution in [0, 0.1) is 17.4 Å². The molecule has 2 heteroatoms. The van der Waals surface area contributed by atoms with Gasteiger partial charge >= 0.3 is 0 Å². The lowest BCUT2D eigenvalue weighted by atomic mass is 10.1. The normalized spacial score (nSPS) is 9.85. The summed E-state index contributed by atoms with van der Waals surface area (Å²) < 4.78 is 0.935. The Kier molecular flexibility index (Phi) is 2.03. The Labute approximate surface area is 84.7 Å². The summed E-state index contributed by atoms with van der Waals surface area (Å²) in [6.45, 7) is 0. The van der Waals surface area contributed by atoms with Gasteiger partial charge < -0.3 is 0 Å². The van der Waals surface area contributed by atoms with Gasteiger partial charge in [-0.1, -0.05) is 22.0 Å². The molecule has 1 radical (unpaired) electrons. The van der Waals surface area contributed by atoms with Crippen molar-refractivity contribution in [1.82, 2.24) is 0 Å². The minimum absolute atomic E-state index is 0.684. The number of halogens is 1. The Morgan fingerprint density at radius 1 is 1.23 bits per heavy atom. The molecule has 0 saturated carbocycles. The summed E-state index contributed by atoms with van der Waals surface area (Å²) in [5.41, 5.74) is 0.684. The van der Waals surface area contributed by atoms with Crippen LogP contribution in [0.4, 0.5) is 0 Å². The van der Waals surface area contributed by atoms with Gasteiger partial charge in [0.05, 0.1) is 11.6 Å². The first-order valence-electron chi connectivity index (χ1n) is 3.81. The van der Waals surface area contributed by atoms with E-state index in [9.17, 15) is 0 Å². The fourth-order valence-electron chi connectivity index (χ4n) is 1.23. The lowest BCUT2D eigenvalue weighted by Crippen LogP contribution is -1.76. The maximum Gasteiger partial charge on any atom is 0.0991 e. The van der Waals surface area contributed by atoms with Gasteiger partial charge in [0.2, 0.25) is 0 Å². The van der Waals surface area contributed by atoms with E-state index in [0.29, 0.717) is 5.56 Å². The Balaban J connectivity index is 2.75. The van der Waals surface area contributed by atoms with Crippen molar-refractivity contribution in [1.29, 1.82) is 5.26 Å². The van der Waals surface area contributed by atoms with Crippen LogP contribution in [0.15, 0.2) is 34.8 Å². The quantitative estimate of drug-likeness (QED) is 0.682. The zero-order chi connectivity index (χ0) is 9.26. The van der Waals surface area contributed by atoms with Crippen LogP contribution in [0.25, 0.3) is 10.8 Å².